The quantitative estimate of drug-likeness (QED) is 0.537. The smallest absolute Gasteiger partial charge is 0.0534 e. The molecule has 1 aliphatic rings. The van der Waals surface area contributed by atoms with Crippen molar-refractivity contribution in [1.29, 1.82) is 0 Å². The molecule has 1 aromatic rings. The topological polar surface area (TPSA) is 75.7 Å². The van der Waals surface area contributed by atoms with Crippen LogP contribution < -0.4 is 5.73 Å². The average molecular weight is 350 g/mol. The molecular formula is C21H35NO3. The van der Waals surface area contributed by atoms with E-state index in [4.69, 9.17) is 15.6 Å². The van der Waals surface area contributed by atoms with Gasteiger partial charge in [-0.25, -0.2) is 0 Å². The second kappa shape index (κ2) is 10.9. The zero-order valence-corrected chi connectivity index (χ0v) is 15.6. The van der Waals surface area contributed by atoms with E-state index in [0.29, 0.717) is 31.4 Å². The van der Waals surface area contributed by atoms with E-state index in [1.165, 1.54) is 23.1 Å². The number of nitrogens with two attached hydrogens (primary N) is 1. The van der Waals surface area contributed by atoms with Gasteiger partial charge in [0.25, 0.3) is 0 Å². The first-order chi connectivity index (χ1) is 12.1. The minimum atomic E-state index is -0.279. The Bertz CT molecular complexity index is 504. The fourth-order valence-corrected chi connectivity index (χ4v) is 3.67. The van der Waals surface area contributed by atoms with Gasteiger partial charge in [0.1, 0.15) is 0 Å². The maximum atomic E-state index is 9.28. The van der Waals surface area contributed by atoms with Crippen LogP contribution in [0, 0.1) is 5.92 Å². The number of hydrogen-bond donors (Lipinski definition) is 3. The van der Waals surface area contributed by atoms with Crippen molar-refractivity contribution in [3.63, 3.8) is 0 Å². The maximum Gasteiger partial charge on any atom is 0.0534 e. The first-order valence-electron chi connectivity index (χ1n) is 9.82. The van der Waals surface area contributed by atoms with E-state index in [1.807, 2.05) is 0 Å². The molecule has 4 heteroatoms. The summed E-state index contributed by atoms with van der Waals surface area (Å²) in [6.45, 7) is 4.18. The second-order valence-electron chi connectivity index (χ2n) is 7.50. The maximum absolute atomic E-state index is 9.28. The highest BCUT2D eigenvalue weighted by Crippen LogP contribution is 2.30. The predicted octanol–water partition coefficient (Wildman–Crippen LogP) is 2.78. The molecule has 4 nitrogen and oxygen atoms in total. The summed E-state index contributed by atoms with van der Waals surface area (Å²) in [5.74, 6) is 0.987. The van der Waals surface area contributed by atoms with Crippen molar-refractivity contribution in [3.8, 4) is 0 Å². The molecule has 4 N–H and O–H groups in total. The molecule has 0 radical (unpaired) electrons. The van der Waals surface area contributed by atoms with Gasteiger partial charge < -0.3 is 20.7 Å². The van der Waals surface area contributed by atoms with Crippen molar-refractivity contribution >= 4 is 0 Å². The Balaban J connectivity index is 1.87. The van der Waals surface area contributed by atoms with Crippen LogP contribution >= 0.6 is 0 Å². The van der Waals surface area contributed by atoms with Gasteiger partial charge in [-0.15, -0.1) is 0 Å². The zero-order valence-electron chi connectivity index (χ0n) is 15.6. The SMILES string of the molecule is C[C@@H](O)CCOCC1CCc2cc([C@H](CN)CCCCO)ccc2C1. The molecule has 0 bridgehead atoms. The van der Waals surface area contributed by atoms with Crippen LogP contribution in [0.1, 0.15) is 61.6 Å². The fourth-order valence-electron chi connectivity index (χ4n) is 3.67. The Labute approximate surface area is 152 Å². The van der Waals surface area contributed by atoms with Gasteiger partial charge in [-0.3, -0.25) is 0 Å². The monoisotopic (exact) mass is 349 g/mol. The highest BCUT2D eigenvalue weighted by atomic mass is 16.5. The molecule has 1 aromatic carbocycles. The van der Waals surface area contributed by atoms with E-state index in [-0.39, 0.29) is 12.7 Å². The van der Waals surface area contributed by atoms with E-state index < -0.39 is 0 Å². The van der Waals surface area contributed by atoms with Gasteiger partial charge in [0.15, 0.2) is 0 Å². The number of rotatable bonds is 11. The molecule has 1 aliphatic carbocycles. The molecule has 0 amide bonds. The minimum Gasteiger partial charge on any atom is -0.396 e. The normalized spacial score (nSPS) is 19.4. The van der Waals surface area contributed by atoms with E-state index >= 15 is 0 Å². The van der Waals surface area contributed by atoms with Crippen LogP contribution in [-0.4, -0.2) is 42.7 Å². The van der Waals surface area contributed by atoms with Gasteiger partial charge in [0, 0.05) is 19.8 Å². The Morgan fingerprint density at radius 3 is 2.80 bits per heavy atom. The third-order valence-electron chi connectivity index (χ3n) is 5.31. The molecule has 0 aromatic heterocycles. The lowest BCUT2D eigenvalue weighted by Crippen LogP contribution is -2.21. The first-order valence-corrected chi connectivity index (χ1v) is 9.82. The summed E-state index contributed by atoms with van der Waals surface area (Å²) in [6, 6.07) is 6.88. The number of aliphatic hydroxyl groups is 2. The zero-order chi connectivity index (χ0) is 18.1. The summed E-state index contributed by atoms with van der Waals surface area (Å²) in [6.07, 6.45) is 6.74. The highest BCUT2D eigenvalue weighted by molar-refractivity contribution is 5.36. The number of hydrogen-bond acceptors (Lipinski definition) is 4. The van der Waals surface area contributed by atoms with Crippen molar-refractivity contribution in [2.45, 2.75) is 63.9 Å². The average Bonchev–Trinajstić information content (AvgIpc) is 2.62. The number of benzene rings is 1. The Kier molecular flexibility index (Phi) is 8.90. The summed E-state index contributed by atoms with van der Waals surface area (Å²) >= 11 is 0. The molecule has 0 fully saturated rings. The minimum absolute atomic E-state index is 0.266. The molecule has 0 saturated carbocycles. The van der Waals surface area contributed by atoms with Crippen molar-refractivity contribution in [2.24, 2.45) is 11.7 Å². The predicted molar refractivity (Wildman–Crippen MR) is 102 cm³/mol. The molecular weight excluding hydrogens is 314 g/mol. The lowest BCUT2D eigenvalue weighted by atomic mass is 9.81. The van der Waals surface area contributed by atoms with Gasteiger partial charge in [-0.05, 0) is 80.5 Å². The van der Waals surface area contributed by atoms with E-state index in [9.17, 15) is 5.11 Å². The van der Waals surface area contributed by atoms with Crippen LogP contribution in [0.25, 0.3) is 0 Å². The number of ether oxygens (including phenoxy) is 1. The molecule has 0 spiro atoms. The van der Waals surface area contributed by atoms with E-state index in [2.05, 4.69) is 18.2 Å². The number of aryl methyl sites for hydroxylation is 1. The van der Waals surface area contributed by atoms with Crippen LogP contribution in [0.3, 0.4) is 0 Å². The molecule has 25 heavy (non-hydrogen) atoms. The summed E-state index contributed by atoms with van der Waals surface area (Å²) in [5.41, 5.74) is 10.3. The number of aliphatic hydroxyl groups excluding tert-OH is 2. The van der Waals surface area contributed by atoms with Crippen molar-refractivity contribution < 1.29 is 14.9 Å². The summed E-state index contributed by atoms with van der Waals surface area (Å²) in [5, 5.41) is 18.2. The number of fused-ring (bicyclic) bond motifs is 1. The highest BCUT2D eigenvalue weighted by Gasteiger charge is 2.20. The van der Waals surface area contributed by atoms with Crippen LogP contribution in [0.2, 0.25) is 0 Å². The third kappa shape index (κ3) is 6.70. The van der Waals surface area contributed by atoms with Crippen LogP contribution in [0.15, 0.2) is 18.2 Å². The second-order valence-corrected chi connectivity index (χ2v) is 7.50. The van der Waals surface area contributed by atoms with Gasteiger partial charge >= 0.3 is 0 Å². The summed E-state index contributed by atoms with van der Waals surface area (Å²) < 4.78 is 5.74. The molecule has 0 saturated heterocycles. The molecule has 1 unspecified atom stereocenters. The lowest BCUT2D eigenvalue weighted by molar-refractivity contribution is 0.0648. The summed E-state index contributed by atoms with van der Waals surface area (Å²) in [7, 11) is 0. The largest absolute Gasteiger partial charge is 0.396 e. The Morgan fingerprint density at radius 1 is 1.24 bits per heavy atom. The van der Waals surface area contributed by atoms with Crippen LogP contribution in [-0.2, 0) is 17.6 Å². The molecule has 142 valence electrons. The Hall–Kier alpha value is -0.940. The van der Waals surface area contributed by atoms with Gasteiger partial charge in [-0.2, -0.15) is 0 Å². The third-order valence-corrected chi connectivity index (χ3v) is 5.31. The fraction of sp³-hybridized carbons (Fsp3) is 0.714. The van der Waals surface area contributed by atoms with Crippen molar-refractivity contribution in [3.05, 3.63) is 34.9 Å². The van der Waals surface area contributed by atoms with Crippen LogP contribution in [0.5, 0.6) is 0 Å². The van der Waals surface area contributed by atoms with E-state index in [0.717, 1.165) is 38.7 Å². The first kappa shape index (κ1) is 20.4. The van der Waals surface area contributed by atoms with Crippen molar-refractivity contribution in [1.82, 2.24) is 0 Å². The molecule has 0 heterocycles. The Morgan fingerprint density at radius 2 is 2.08 bits per heavy atom. The van der Waals surface area contributed by atoms with Crippen LogP contribution in [0.4, 0.5) is 0 Å². The van der Waals surface area contributed by atoms with E-state index in [1.54, 1.807) is 6.92 Å². The molecule has 2 rings (SSSR count). The van der Waals surface area contributed by atoms with Gasteiger partial charge in [0.05, 0.1) is 6.10 Å². The van der Waals surface area contributed by atoms with Crippen molar-refractivity contribution in [2.75, 3.05) is 26.4 Å². The molecule has 3 atom stereocenters. The summed E-state index contributed by atoms with van der Waals surface area (Å²) in [4.78, 5) is 0. The standard InChI is InChI=1S/C21H35NO3/c1-16(24)9-11-25-15-17-5-6-19-13-20(8-7-18(19)12-17)21(14-22)4-2-3-10-23/h7-8,13,16-17,21,23-24H,2-6,9-12,14-15,22H2,1H3/t16-,17?,21+/m1/s1. The number of unbranched alkanes of at least 4 members (excludes halogenated alkanes) is 1. The molecule has 0 aliphatic heterocycles. The van der Waals surface area contributed by atoms with Gasteiger partial charge in [0.2, 0.25) is 0 Å². The van der Waals surface area contributed by atoms with Gasteiger partial charge in [-0.1, -0.05) is 24.6 Å². The lowest BCUT2D eigenvalue weighted by Gasteiger charge is -2.26.